The molecule has 2 aromatic heterocycles. The van der Waals surface area contributed by atoms with Crippen LogP contribution in [0.2, 0.25) is 0 Å². The maximum absolute atomic E-state index is 15.9. The Balaban J connectivity index is 1.50. The van der Waals surface area contributed by atoms with E-state index in [1.807, 2.05) is 6.07 Å². The molecule has 3 aliphatic rings. The number of rotatable bonds is 5. The number of hydrogen-bond donors (Lipinski definition) is 2. The van der Waals surface area contributed by atoms with E-state index in [0.29, 0.717) is 22.2 Å². The monoisotopic (exact) mass is 474 g/mol. The van der Waals surface area contributed by atoms with Gasteiger partial charge in [-0.3, -0.25) is 9.89 Å². The highest BCUT2D eigenvalue weighted by Gasteiger charge is 2.47. The Morgan fingerprint density at radius 3 is 2.46 bits per heavy atom. The molecule has 35 heavy (non-hydrogen) atoms. The average Bonchev–Trinajstić information content (AvgIpc) is 3.29. The third-order valence-corrected chi connectivity index (χ3v) is 7.81. The molecule has 2 N–H and O–H groups in total. The summed E-state index contributed by atoms with van der Waals surface area (Å²) < 4.78 is 29.9. The second-order valence-corrected chi connectivity index (χ2v) is 9.69. The number of aromatic nitrogens is 4. The fourth-order valence-corrected chi connectivity index (χ4v) is 6.16. The Labute approximate surface area is 200 Å². The molecule has 0 spiro atoms. The number of carbonyl (C=O) groups is 1. The van der Waals surface area contributed by atoms with Gasteiger partial charge in [-0.1, -0.05) is 30.3 Å². The van der Waals surface area contributed by atoms with Gasteiger partial charge >= 0.3 is 5.97 Å². The Morgan fingerprint density at radius 2 is 1.71 bits per heavy atom. The lowest BCUT2D eigenvalue weighted by Gasteiger charge is -2.46. The summed E-state index contributed by atoms with van der Waals surface area (Å²) in [7, 11) is 0. The average molecular weight is 475 g/mol. The van der Waals surface area contributed by atoms with Gasteiger partial charge in [0.15, 0.2) is 11.6 Å². The molecule has 0 saturated heterocycles. The lowest BCUT2D eigenvalue weighted by molar-refractivity contribution is -0.152. The van der Waals surface area contributed by atoms with Crippen LogP contribution in [0.3, 0.4) is 0 Å². The van der Waals surface area contributed by atoms with Gasteiger partial charge in [-0.2, -0.15) is 5.10 Å². The molecule has 3 saturated carbocycles. The molecule has 0 aliphatic heterocycles. The normalized spacial score (nSPS) is 23.6. The topological polar surface area (TPSA) is 91.8 Å². The zero-order chi connectivity index (χ0) is 24.1. The molecule has 4 aromatic rings. The van der Waals surface area contributed by atoms with Crippen molar-refractivity contribution < 1.29 is 18.7 Å². The molecule has 178 valence electrons. The maximum atomic E-state index is 15.9. The van der Waals surface area contributed by atoms with Crippen molar-refractivity contribution in [3.05, 3.63) is 65.9 Å². The van der Waals surface area contributed by atoms with Crippen LogP contribution in [-0.4, -0.2) is 31.2 Å². The van der Waals surface area contributed by atoms with Gasteiger partial charge < -0.3 is 5.11 Å². The van der Waals surface area contributed by atoms with E-state index >= 15 is 4.39 Å². The zero-order valence-electron chi connectivity index (χ0n) is 18.9. The van der Waals surface area contributed by atoms with E-state index in [1.54, 1.807) is 30.3 Å². The molecule has 2 unspecified atom stereocenters. The molecule has 0 radical (unpaired) electrons. The summed E-state index contributed by atoms with van der Waals surface area (Å²) in [5.74, 6) is -1.92. The van der Waals surface area contributed by atoms with Crippen molar-refractivity contribution in [2.24, 2.45) is 23.7 Å². The Bertz CT molecular complexity index is 1410. The van der Waals surface area contributed by atoms with Crippen LogP contribution < -0.4 is 0 Å². The Morgan fingerprint density at radius 1 is 0.971 bits per heavy atom. The molecule has 0 amide bonds. The molecule has 3 aliphatic carbocycles. The van der Waals surface area contributed by atoms with E-state index in [9.17, 15) is 14.3 Å². The summed E-state index contributed by atoms with van der Waals surface area (Å²) in [4.78, 5) is 21.3. The van der Waals surface area contributed by atoms with Crippen molar-refractivity contribution in [2.75, 3.05) is 0 Å². The molecule has 3 fully saturated rings. The molecular formula is C27H24F2N4O2. The molecule has 2 bridgehead atoms. The number of hydrogen-bond acceptors (Lipinski definition) is 4. The van der Waals surface area contributed by atoms with E-state index in [1.165, 1.54) is 12.1 Å². The minimum atomic E-state index is -0.809. The standard InChI is InChI=1S/C27H24F2N4O2/c28-17-10-11-20-19(12-17)25(33-32-20)26-30-21(23(29)24(31-26)16-4-2-1-3-5-16)13-18-14-6-8-15(9-7-14)22(18)27(34)35/h1-5,10-12,14-15,18,22H,6-9,13H2,(H,32,33)(H,34,35). The quantitative estimate of drug-likeness (QED) is 0.390. The van der Waals surface area contributed by atoms with Crippen molar-refractivity contribution in [2.45, 2.75) is 32.1 Å². The summed E-state index contributed by atoms with van der Waals surface area (Å²) in [5.41, 5.74) is 1.85. The van der Waals surface area contributed by atoms with Crippen molar-refractivity contribution in [3.8, 4) is 22.8 Å². The van der Waals surface area contributed by atoms with Gasteiger partial charge in [0.1, 0.15) is 17.2 Å². The Hall–Kier alpha value is -3.68. The number of carboxylic acids is 1. The zero-order valence-corrected chi connectivity index (χ0v) is 18.9. The number of carboxylic acid groups (broad SMARTS) is 1. The largest absolute Gasteiger partial charge is 0.481 e. The van der Waals surface area contributed by atoms with Gasteiger partial charge in [0.25, 0.3) is 0 Å². The van der Waals surface area contributed by atoms with Crippen LogP contribution in [0.4, 0.5) is 8.78 Å². The molecular weight excluding hydrogens is 450 g/mol. The predicted molar refractivity (Wildman–Crippen MR) is 126 cm³/mol. The van der Waals surface area contributed by atoms with Crippen LogP contribution in [0.5, 0.6) is 0 Å². The molecule has 2 heterocycles. The second-order valence-electron chi connectivity index (χ2n) is 9.69. The predicted octanol–water partition coefficient (Wildman–Crippen LogP) is 5.64. The van der Waals surface area contributed by atoms with Crippen LogP contribution in [0, 0.1) is 35.3 Å². The summed E-state index contributed by atoms with van der Waals surface area (Å²) in [6.45, 7) is 0. The molecule has 6 nitrogen and oxygen atoms in total. The van der Waals surface area contributed by atoms with Gasteiger partial charge in [-0.25, -0.2) is 18.7 Å². The first-order valence-electron chi connectivity index (χ1n) is 12.0. The van der Waals surface area contributed by atoms with Crippen LogP contribution in [0.15, 0.2) is 48.5 Å². The van der Waals surface area contributed by atoms with Gasteiger partial charge in [0, 0.05) is 10.9 Å². The number of aromatic amines is 1. The van der Waals surface area contributed by atoms with E-state index in [0.717, 1.165) is 25.7 Å². The van der Waals surface area contributed by atoms with Crippen LogP contribution in [-0.2, 0) is 11.2 Å². The maximum Gasteiger partial charge on any atom is 0.307 e. The Kier molecular flexibility index (Phi) is 5.31. The fraction of sp³-hybridized carbons (Fsp3) is 0.333. The van der Waals surface area contributed by atoms with E-state index < -0.39 is 23.5 Å². The smallest absolute Gasteiger partial charge is 0.307 e. The van der Waals surface area contributed by atoms with Crippen LogP contribution in [0.25, 0.3) is 33.7 Å². The minimum absolute atomic E-state index is 0.124. The fourth-order valence-electron chi connectivity index (χ4n) is 6.16. The SMILES string of the molecule is O=C(O)C1C2CCC(CC2)C1Cc1nc(-c2n[nH]c3ccc(F)cc23)nc(-c2ccccc2)c1F. The van der Waals surface area contributed by atoms with Crippen molar-refractivity contribution >= 4 is 16.9 Å². The number of nitrogens with one attached hydrogen (secondary N) is 1. The van der Waals surface area contributed by atoms with Crippen molar-refractivity contribution in [1.29, 1.82) is 0 Å². The van der Waals surface area contributed by atoms with E-state index in [-0.39, 0.29) is 41.4 Å². The molecule has 8 heteroatoms. The van der Waals surface area contributed by atoms with E-state index in [4.69, 9.17) is 0 Å². The van der Waals surface area contributed by atoms with Gasteiger partial charge in [0.05, 0.1) is 17.1 Å². The highest BCUT2D eigenvalue weighted by molar-refractivity contribution is 5.91. The van der Waals surface area contributed by atoms with Gasteiger partial charge in [-0.05, 0) is 68.1 Å². The number of benzene rings is 2. The number of nitrogens with zero attached hydrogens (tertiary/aromatic N) is 3. The first-order chi connectivity index (χ1) is 17.0. The lowest BCUT2D eigenvalue weighted by atomic mass is 9.57. The van der Waals surface area contributed by atoms with Crippen molar-refractivity contribution in [3.63, 3.8) is 0 Å². The van der Waals surface area contributed by atoms with E-state index in [2.05, 4.69) is 20.2 Å². The summed E-state index contributed by atoms with van der Waals surface area (Å²) in [6.07, 6.45) is 3.97. The highest BCUT2D eigenvalue weighted by atomic mass is 19.1. The number of fused-ring (bicyclic) bond motifs is 4. The first kappa shape index (κ1) is 21.8. The first-order valence-corrected chi connectivity index (χ1v) is 12.0. The minimum Gasteiger partial charge on any atom is -0.481 e. The molecule has 2 atom stereocenters. The van der Waals surface area contributed by atoms with Gasteiger partial charge in [-0.15, -0.1) is 0 Å². The second kappa shape index (κ2) is 8.52. The summed E-state index contributed by atoms with van der Waals surface area (Å²) in [6, 6.07) is 13.2. The van der Waals surface area contributed by atoms with Crippen molar-refractivity contribution in [1.82, 2.24) is 20.2 Å². The third-order valence-electron chi connectivity index (χ3n) is 7.81. The number of aliphatic carboxylic acids is 1. The van der Waals surface area contributed by atoms with Crippen LogP contribution in [0.1, 0.15) is 31.4 Å². The van der Waals surface area contributed by atoms with Crippen LogP contribution >= 0.6 is 0 Å². The van der Waals surface area contributed by atoms with Gasteiger partial charge in [0.2, 0.25) is 0 Å². The highest BCUT2D eigenvalue weighted by Crippen LogP contribution is 2.50. The molecule has 7 rings (SSSR count). The third kappa shape index (κ3) is 3.77. The lowest BCUT2D eigenvalue weighted by Crippen LogP contribution is -2.45. The summed E-state index contributed by atoms with van der Waals surface area (Å²) in [5, 5.41) is 17.7. The molecule has 2 aromatic carbocycles. The summed E-state index contributed by atoms with van der Waals surface area (Å²) >= 11 is 0. The number of halogens is 2. The number of H-pyrrole nitrogens is 1.